The highest BCUT2D eigenvalue weighted by Gasteiger charge is 2.68. The topological polar surface area (TPSA) is 90.8 Å². The van der Waals surface area contributed by atoms with Crippen molar-refractivity contribution in [3.8, 4) is 16.9 Å². The van der Waals surface area contributed by atoms with Crippen molar-refractivity contribution in [1.82, 2.24) is 44.5 Å². The monoisotopic (exact) mass is 483 g/mol. The zero-order valence-corrected chi connectivity index (χ0v) is 20.0. The quantitative estimate of drug-likeness (QED) is 0.363. The van der Waals surface area contributed by atoms with Crippen molar-refractivity contribution in [1.29, 1.82) is 0 Å². The number of rotatable bonds is 8. The number of nitrogens with zero attached hydrogens (tertiary/aromatic N) is 8. The maximum Gasteiger partial charge on any atom is 0.137 e. The van der Waals surface area contributed by atoms with Gasteiger partial charge in [0.2, 0.25) is 0 Å². The van der Waals surface area contributed by atoms with Crippen LogP contribution in [0, 0.1) is 12.3 Å². The zero-order valence-electron chi connectivity index (χ0n) is 20.0. The molecule has 182 valence electrons. The molecule has 3 aliphatic rings. The van der Waals surface area contributed by atoms with E-state index in [1.807, 2.05) is 48.1 Å². The number of pyridine rings is 2. The number of hydrogen-bond donors (Lipinski definition) is 1. The Bertz CT molecular complexity index is 1560. The molecular formula is C26H26FN9. The molecule has 9 nitrogen and oxygen atoms in total. The van der Waals surface area contributed by atoms with Crippen molar-refractivity contribution in [3.63, 3.8) is 0 Å². The van der Waals surface area contributed by atoms with Crippen LogP contribution in [-0.2, 0) is 13.1 Å². The first-order valence-electron chi connectivity index (χ1n) is 12.2. The molecule has 2 bridgehead atoms. The highest BCUT2D eigenvalue weighted by atomic mass is 19.1. The van der Waals surface area contributed by atoms with Crippen LogP contribution < -0.4 is 5.32 Å². The Kier molecular flexibility index (Phi) is 4.62. The lowest BCUT2D eigenvalue weighted by atomic mass is 9.42. The molecule has 3 saturated carbocycles. The summed E-state index contributed by atoms with van der Waals surface area (Å²) in [6.07, 6.45) is 13.7. The van der Waals surface area contributed by atoms with Gasteiger partial charge in [0.25, 0.3) is 0 Å². The fraction of sp³-hybridized carbons (Fsp3) is 0.346. The predicted molar refractivity (Wildman–Crippen MR) is 131 cm³/mol. The predicted octanol–water partition coefficient (Wildman–Crippen LogP) is 3.51. The van der Waals surface area contributed by atoms with Gasteiger partial charge in [0, 0.05) is 43.4 Å². The lowest BCUT2D eigenvalue weighted by Gasteiger charge is -2.66. The Labute approximate surface area is 207 Å². The van der Waals surface area contributed by atoms with Crippen LogP contribution >= 0.6 is 0 Å². The Morgan fingerprint density at radius 3 is 2.78 bits per heavy atom. The van der Waals surface area contributed by atoms with Gasteiger partial charge in [-0.25, -0.2) is 18.7 Å². The number of imidazole rings is 1. The lowest BCUT2D eigenvalue weighted by molar-refractivity contribution is -0.209. The second kappa shape index (κ2) is 7.79. The molecule has 36 heavy (non-hydrogen) atoms. The van der Waals surface area contributed by atoms with Crippen LogP contribution in [0.3, 0.4) is 0 Å². The van der Waals surface area contributed by atoms with Crippen molar-refractivity contribution >= 4 is 5.65 Å². The molecule has 3 fully saturated rings. The number of nitrogens with one attached hydrogen (secondary N) is 1. The van der Waals surface area contributed by atoms with Crippen molar-refractivity contribution in [2.45, 2.75) is 44.9 Å². The van der Waals surface area contributed by atoms with Gasteiger partial charge < -0.3 is 9.72 Å². The molecule has 10 heteroatoms. The minimum atomic E-state index is -0.834. The Balaban J connectivity index is 1.02. The van der Waals surface area contributed by atoms with Crippen molar-refractivity contribution < 1.29 is 4.39 Å². The third-order valence-corrected chi connectivity index (χ3v) is 7.34. The van der Waals surface area contributed by atoms with E-state index in [1.165, 1.54) is 5.56 Å². The minimum Gasteiger partial charge on any atom is -0.312 e. The molecule has 0 aliphatic heterocycles. The van der Waals surface area contributed by atoms with E-state index in [9.17, 15) is 4.39 Å². The van der Waals surface area contributed by atoms with Crippen LogP contribution in [0.4, 0.5) is 4.39 Å². The summed E-state index contributed by atoms with van der Waals surface area (Å²) in [5.74, 6) is 0. The fourth-order valence-electron chi connectivity index (χ4n) is 5.72. The van der Waals surface area contributed by atoms with E-state index in [0.29, 0.717) is 6.54 Å². The second-order valence-corrected chi connectivity index (χ2v) is 10.5. The SMILES string of the molecule is Cc1ccn(-c2cncc(-c3cn(Cc4cn5cc(CNCC67CC(F)(C6)C7)ccc5n4)nn3)c2)n1. The van der Waals surface area contributed by atoms with Gasteiger partial charge >= 0.3 is 0 Å². The van der Waals surface area contributed by atoms with E-state index in [-0.39, 0.29) is 5.41 Å². The number of aromatic nitrogens is 8. The van der Waals surface area contributed by atoms with E-state index >= 15 is 0 Å². The molecule has 0 unspecified atom stereocenters. The van der Waals surface area contributed by atoms with Crippen LogP contribution in [0.15, 0.2) is 61.4 Å². The number of alkyl halides is 1. The molecular weight excluding hydrogens is 457 g/mol. The summed E-state index contributed by atoms with van der Waals surface area (Å²) in [4.78, 5) is 9.08. The second-order valence-electron chi connectivity index (χ2n) is 10.5. The average Bonchev–Trinajstić information content (AvgIpc) is 3.57. The van der Waals surface area contributed by atoms with Gasteiger partial charge in [-0.2, -0.15) is 5.10 Å². The number of fused-ring (bicyclic) bond motifs is 1. The van der Waals surface area contributed by atoms with Gasteiger partial charge in [-0.1, -0.05) is 11.3 Å². The smallest absolute Gasteiger partial charge is 0.137 e. The first kappa shape index (κ1) is 21.4. The van der Waals surface area contributed by atoms with Crippen LogP contribution in [0.5, 0.6) is 0 Å². The summed E-state index contributed by atoms with van der Waals surface area (Å²) < 4.78 is 19.3. The Hall–Kier alpha value is -3.92. The molecule has 5 heterocycles. The van der Waals surface area contributed by atoms with Crippen LogP contribution in [0.1, 0.15) is 36.2 Å². The Morgan fingerprint density at radius 2 is 1.97 bits per heavy atom. The summed E-state index contributed by atoms with van der Waals surface area (Å²) in [6.45, 7) is 4.13. The van der Waals surface area contributed by atoms with E-state index in [1.54, 1.807) is 21.8 Å². The van der Waals surface area contributed by atoms with Crippen LogP contribution in [0.2, 0.25) is 0 Å². The van der Waals surface area contributed by atoms with Gasteiger partial charge in [0.1, 0.15) is 17.0 Å². The van der Waals surface area contributed by atoms with Gasteiger partial charge in [0.05, 0.1) is 36.0 Å². The molecule has 3 aliphatic carbocycles. The highest BCUT2D eigenvalue weighted by molar-refractivity contribution is 5.59. The van der Waals surface area contributed by atoms with Crippen LogP contribution in [0.25, 0.3) is 22.6 Å². The summed E-state index contributed by atoms with van der Waals surface area (Å²) in [7, 11) is 0. The van der Waals surface area contributed by atoms with Gasteiger partial charge in [-0.15, -0.1) is 5.10 Å². The maximum absolute atomic E-state index is 13.7. The molecule has 0 radical (unpaired) electrons. The molecule has 0 spiro atoms. The van der Waals surface area contributed by atoms with Gasteiger partial charge in [-0.3, -0.25) is 4.98 Å². The first-order chi connectivity index (χ1) is 17.4. The maximum atomic E-state index is 13.7. The fourth-order valence-corrected chi connectivity index (χ4v) is 5.72. The van der Waals surface area contributed by atoms with Crippen molar-refractivity contribution in [2.75, 3.05) is 6.54 Å². The standard InChI is InChI=1S/C26H26FN9/c1-18-4-5-36(32-18)22-6-20(8-28-9-22)23-13-35(33-31-23)12-21-11-34-10-19(2-3-24(34)30-21)7-29-17-25-14-26(27,15-25)16-25/h2-6,8-11,13,29H,7,12,14-17H2,1H3. The molecule has 0 amide bonds. The molecule has 0 atom stereocenters. The average molecular weight is 484 g/mol. The van der Waals surface area contributed by atoms with E-state index in [0.717, 1.165) is 66.3 Å². The van der Waals surface area contributed by atoms with E-state index in [2.05, 4.69) is 38.0 Å². The van der Waals surface area contributed by atoms with Crippen molar-refractivity contribution in [2.24, 2.45) is 5.41 Å². The molecule has 5 aromatic rings. The third kappa shape index (κ3) is 3.78. The lowest BCUT2D eigenvalue weighted by Crippen LogP contribution is -2.67. The van der Waals surface area contributed by atoms with E-state index < -0.39 is 5.67 Å². The number of halogens is 1. The minimum absolute atomic E-state index is 0.216. The highest BCUT2D eigenvalue weighted by Crippen LogP contribution is 2.69. The normalized spacial score (nSPS) is 22.5. The number of hydrogen-bond acceptors (Lipinski definition) is 6. The number of aryl methyl sites for hydroxylation is 1. The zero-order chi connectivity index (χ0) is 24.3. The summed E-state index contributed by atoms with van der Waals surface area (Å²) in [5, 5.41) is 16.6. The molecule has 1 N–H and O–H groups in total. The summed E-state index contributed by atoms with van der Waals surface area (Å²) >= 11 is 0. The van der Waals surface area contributed by atoms with Crippen LogP contribution in [-0.4, -0.2) is 51.4 Å². The largest absolute Gasteiger partial charge is 0.312 e. The summed E-state index contributed by atoms with van der Waals surface area (Å²) in [6, 6.07) is 8.07. The third-order valence-electron chi connectivity index (χ3n) is 7.34. The molecule has 8 rings (SSSR count). The molecule has 0 saturated heterocycles. The summed E-state index contributed by atoms with van der Waals surface area (Å²) in [5.41, 5.74) is 5.78. The first-order valence-corrected chi connectivity index (χ1v) is 12.2. The van der Waals surface area contributed by atoms with Crippen molar-refractivity contribution in [3.05, 3.63) is 78.4 Å². The molecule has 0 aromatic carbocycles. The molecule has 5 aromatic heterocycles. The van der Waals surface area contributed by atoms with E-state index in [4.69, 9.17) is 4.98 Å². The van der Waals surface area contributed by atoms with Gasteiger partial charge in [-0.05, 0) is 55.4 Å². The Morgan fingerprint density at radius 1 is 1.08 bits per heavy atom. The van der Waals surface area contributed by atoms with Gasteiger partial charge in [0.15, 0.2) is 0 Å².